The zero-order valence-electron chi connectivity index (χ0n) is 18.3. The van der Waals surface area contributed by atoms with Gasteiger partial charge in [0.2, 0.25) is 10.0 Å². The molecule has 1 N–H and O–H groups in total. The number of hydrogen-bond donors (Lipinski definition) is 1. The smallest absolute Gasteiger partial charge is 0.251 e. The zero-order chi connectivity index (χ0) is 22.4. The number of sulfonamides is 1. The van der Waals surface area contributed by atoms with Crippen LogP contribution in [0.1, 0.15) is 53.7 Å². The normalized spacial score (nSPS) is 15.8. The molecule has 1 aliphatic heterocycles. The Morgan fingerprint density at radius 2 is 1.71 bits per heavy atom. The number of piperidine rings is 1. The SMILES string of the molecule is COc1ccc(OC)c(C(C)NC(=O)c2ccc(CS(=O)(=O)N3CCCCC3)cc2)c1. The van der Waals surface area contributed by atoms with E-state index in [1.165, 1.54) is 0 Å². The van der Waals surface area contributed by atoms with Gasteiger partial charge < -0.3 is 14.8 Å². The van der Waals surface area contributed by atoms with E-state index in [9.17, 15) is 13.2 Å². The summed E-state index contributed by atoms with van der Waals surface area (Å²) in [4.78, 5) is 12.7. The second-order valence-corrected chi connectivity index (χ2v) is 9.68. The van der Waals surface area contributed by atoms with Crippen LogP contribution < -0.4 is 14.8 Å². The number of rotatable bonds is 8. The van der Waals surface area contributed by atoms with Crippen LogP contribution in [0.25, 0.3) is 0 Å². The predicted octanol–water partition coefficient (Wildman–Crippen LogP) is 3.51. The van der Waals surface area contributed by atoms with Gasteiger partial charge in [0.05, 0.1) is 26.0 Å². The molecule has 7 nitrogen and oxygen atoms in total. The first-order chi connectivity index (χ1) is 14.8. The quantitative estimate of drug-likeness (QED) is 0.671. The van der Waals surface area contributed by atoms with Crippen LogP contribution in [-0.2, 0) is 15.8 Å². The first kappa shape index (κ1) is 23.1. The number of benzene rings is 2. The van der Waals surface area contributed by atoms with Crippen molar-refractivity contribution in [3.63, 3.8) is 0 Å². The summed E-state index contributed by atoms with van der Waals surface area (Å²) < 4.78 is 37.5. The molecular formula is C23H30N2O5S. The lowest BCUT2D eigenvalue weighted by molar-refractivity contribution is 0.0939. The van der Waals surface area contributed by atoms with E-state index in [-0.39, 0.29) is 17.7 Å². The number of methoxy groups -OCH3 is 2. The van der Waals surface area contributed by atoms with Gasteiger partial charge in [-0.05, 0) is 55.7 Å². The molecule has 1 atom stereocenters. The van der Waals surface area contributed by atoms with Crippen LogP contribution in [0.4, 0.5) is 0 Å². The highest BCUT2D eigenvalue weighted by Gasteiger charge is 2.24. The highest BCUT2D eigenvalue weighted by atomic mass is 32.2. The Bertz CT molecular complexity index is 999. The molecule has 1 saturated heterocycles. The number of carbonyl (C=O) groups is 1. The molecule has 2 aromatic rings. The van der Waals surface area contributed by atoms with E-state index in [4.69, 9.17) is 9.47 Å². The maximum Gasteiger partial charge on any atom is 0.251 e. The third-order valence-corrected chi connectivity index (χ3v) is 7.37. The van der Waals surface area contributed by atoms with Crippen LogP contribution >= 0.6 is 0 Å². The minimum atomic E-state index is -3.33. The van der Waals surface area contributed by atoms with Gasteiger partial charge in [0, 0.05) is 24.2 Å². The fourth-order valence-corrected chi connectivity index (χ4v) is 5.34. The molecule has 1 amide bonds. The van der Waals surface area contributed by atoms with Crippen molar-refractivity contribution in [1.82, 2.24) is 9.62 Å². The van der Waals surface area contributed by atoms with Crippen molar-refractivity contribution in [2.24, 2.45) is 0 Å². The van der Waals surface area contributed by atoms with Gasteiger partial charge >= 0.3 is 0 Å². The average Bonchev–Trinajstić information content (AvgIpc) is 2.79. The molecule has 1 heterocycles. The van der Waals surface area contributed by atoms with Crippen LogP contribution in [0.5, 0.6) is 11.5 Å². The van der Waals surface area contributed by atoms with E-state index in [0.717, 1.165) is 24.8 Å². The zero-order valence-corrected chi connectivity index (χ0v) is 19.1. The lowest BCUT2D eigenvalue weighted by atomic mass is 10.1. The van der Waals surface area contributed by atoms with E-state index in [1.54, 1.807) is 54.9 Å². The lowest BCUT2D eigenvalue weighted by Gasteiger charge is -2.25. The van der Waals surface area contributed by atoms with E-state index in [0.29, 0.717) is 35.7 Å². The number of hydrogen-bond acceptors (Lipinski definition) is 5. The van der Waals surface area contributed by atoms with E-state index in [2.05, 4.69) is 5.32 Å². The van der Waals surface area contributed by atoms with Crippen molar-refractivity contribution in [3.05, 3.63) is 59.2 Å². The summed E-state index contributed by atoms with van der Waals surface area (Å²) in [6, 6.07) is 11.8. The molecular weight excluding hydrogens is 416 g/mol. The molecule has 0 radical (unpaired) electrons. The Balaban J connectivity index is 1.66. The van der Waals surface area contributed by atoms with Gasteiger partial charge in [0.25, 0.3) is 5.91 Å². The summed E-state index contributed by atoms with van der Waals surface area (Å²) in [5.74, 6) is 1.04. The fraction of sp³-hybridized carbons (Fsp3) is 0.435. The van der Waals surface area contributed by atoms with Crippen LogP contribution in [0.2, 0.25) is 0 Å². The highest BCUT2D eigenvalue weighted by molar-refractivity contribution is 7.88. The third kappa shape index (κ3) is 5.77. The van der Waals surface area contributed by atoms with Gasteiger partial charge in [-0.1, -0.05) is 18.6 Å². The molecule has 0 aliphatic carbocycles. The van der Waals surface area contributed by atoms with Crippen molar-refractivity contribution in [1.29, 1.82) is 0 Å². The Hall–Kier alpha value is -2.58. The first-order valence-corrected chi connectivity index (χ1v) is 12.0. The van der Waals surface area contributed by atoms with E-state index < -0.39 is 10.0 Å². The lowest BCUT2D eigenvalue weighted by Crippen LogP contribution is -2.36. The molecule has 31 heavy (non-hydrogen) atoms. The summed E-state index contributed by atoms with van der Waals surface area (Å²) >= 11 is 0. The Kier molecular flexibility index (Phi) is 7.56. The molecule has 0 saturated carbocycles. The monoisotopic (exact) mass is 446 g/mol. The number of nitrogens with zero attached hydrogens (tertiary/aromatic N) is 1. The maximum absolute atomic E-state index is 12.7. The van der Waals surface area contributed by atoms with Crippen LogP contribution in [0.3, 0.4) is 0 Å². The molecule has 0 bridgehead atoms. The molecule has 3 rings (SSSR count). The average molecular weight is 447 g/mol. The number of carbonyl (C=O) groups excluding carboxylic acids is 1. The Labute approximate surface area is 184 Å². The van der Waals surface area contributed by atoms with Gasteiger partial charge in [0.1, 0.15) is 11.5 Å². The van der Waals surface area contributed by atoms with Crippen LogP contribution in [0.15, 0.2) is 42.5 Å². The second-order valence-electron chi connectivity index (χ2n) is 7.72. The second kappa shape index (κ2) is 10.2. The standard InChI is InChI=1S/C23H30N2O5S/c1-17(21-15-20(29-2)11-12-22(21)30-3)24-23(26)19-9-7-18(8-10-19)16-31(27,28)25-13-5-4-6-14-25/h7-12,15,17H,4-6,13-14,16H2,1-3H3,(H,24,26). The minimum Gasteiger partial charge on any atom is -0.497 e. The first-order valence-electron chi connectivity index (χ1n) is 10.4. The van der Waals surface area contributed by atoms with Gasteiger partial charge in [-0.3, -0.25) is 4.79 Å². The number of nitrogens with one attached hydrogen (secondary N) is 1. The highest BCUT2D eigenvalue weighted by Crippen LogP contribution is 2.29. The van der Waals surface area contributed by atoms with Crippen molar-refractivity contribution >= 4 is 15.9 Å². The summed E-state index contributed by atoms with van der Waals surface area (Å²) in [6.07, 6.45) is 2.90. The number of ether oxygens (including phenoxy) is 2. The predicted molar refractivity (Wildman–Crippen MR) is 120 cm³/mol. The fourth-order valence-electron chi connectivity index (χ4n) is 3.73. The Morgan fingerprint density at radius 3 is 2.32 bits per heavy atom. The topological polar surface area (TPSA) is 84.9 Å². The molecule has 1 unspecified atom stereocenters. The van der Waals surface area contributed by atoms with E-state index >= 15 is 0 Å². The van der Waals surface area contributed by atoms with E-state index in [1.807, 2.05) is 13.0 Å². The molecule has 168 valence electrons. The summed E-state index contributed by atoms with van der Waals surface area (Å²) in [7, 11) is -0.167. The molecule has 0 aromatic heterocycles. The summed E-state index contributed by atoms with van der Waals surface area (Å²) in [6.45, 7) is 3.05. The molecule has 8 heteroatoms. The molecule has 1 fully saturated rings. The van der Waals surface area contributed by atoms with Gasteiger partial charge in [-0.25, -0.2) is 12.7 Å². The van der Waals surface area contributed by atoms with Gasteiger partial charge in [-0.2, -0.15) is 0 Å². The third-order valence-electron chi connectivity index (χ3n) is 5.52. The Morgan fingerprint density at radius 1 is 1.03 bits per heavy atom. The van der Waals surface area contributed by atoms with Crippen molar-refractivity contribution < 1.29 is 22.7 Å². The van der Waals surface area contributed by atoms with Crippen molar-refractivity contribution in [2.45, 2.75) is 38.0 Å². The largest absolute Gasteiger partial charge is 0.497 e. The summed E-state index contributed by atoms with van der Waals surface area (Å²) in [5, 5.41) is 2.96. The van der Waals surface area contributed by atoms with Gasteiger partial charge in [0.15, 0.2) is 0 Å². The summed E-state index contributed by atoms with van der Waals surface area (Å²) in [5.41, 5.74) is 1.94. The van der Waals surface area contributed by atoms with Crippen molar-refractivity contribution in [2.75, 3.05) is 27.3 Å². The molecule has 2 aromatic carbocycles. The maximum atomic E-state index is 12.7. The van der Waals surface area contributed by atoms with Crippen LogP contribution in [-0.4, -0.2) is 45.9 Å². The minimum absolute atomic E-state index is 0.0493. The molecule has 0 spiro atoms. The molecule has 1 aliphatic rings. The van der Waals surface area contributed by atoms with Gasteiger partial charge in [-0.15, -0.1) is 0 Å². The van der Waals surface area contributed by atoms with Crippen LogP contribution in [0, 0.1) is 0 Å². The number of amides is 1. The van der Waals surface area contributed by atoms with Crippen molar-refractivity contribution in [3.8, 4) is 11.5 Å².